The van der Waals surface area contributed by atoms with E-state index in [1.807, 2.05) is 22.7 Å². The van der Waals surface area contributed by atoms with Crippen molar-refractivity contribution < 1.29 is 0 Å². The molecule has 14 aromatic carbocycles. The summed E-state index contributed by atoms with van der Waals surface area (Å²) in [6, 6.07) is 91.2. The molecule has 2 heteroatoms. The Morgan fingerprint density at radius 1 is 0.208 bits per heavy atom. The molecule has 0 bridgehead atoms. The largest absolute Gasteiger partial charge is 0.135 e. The van der Waals surface area contributed by atoms with Gasteiger partial charge < -0.3 is 0 Å². The predicted octanol–water partition coefficient (Wildman–Crippen LogP) is 21.2. The van der Waals surface area contributed by atoms with Crippen molar-refractivity contribution in [2.75, 3.05) is 0 Å². The molecule has 0 N–H and O–H groups in total. The van der Waals surface area contributed by atoms with E-state index in [4.69, 9.17) is 0 Å². The van der Waals surface area contributed by atoms with Gasteiger partial charge in [0.2, 0.25) is 0 Å². The molecule has 0 aliphatic carbocycles. The average Bonchev–Trinajstić information content (AvgIpc) is 4.04. The minimum atomic E-state index is 1.23. The molecule has 0 radical (unpaired) electrons. The quantitative estimate of drug-likeness (QED) is 0.122. The van der Waals surface area contributed by atoms with Gasteiger partial charge in [0.1, 0.15) is 0 Å². The lowest BCUT2D eigenvalue weighted by atomic mass is 9.83. The third-order valence-corrected chi connectivity index (χ3v) is 18.0. The monoisotopic (exact) mass is 944 g/mol. The van der Waals surface area contributed by atoms with Crippen LogP contribution in [0.3, 0.4) is 0 Å². The van der Waals surface area contributed by atoms with E-state index in [0.29, 0.717) is 0 Å². The fraction of sp³-hybridized carbons (Fsp3) is 0. The zero-order valence-electron chi connectivity index (χ0n) is 38.9. The number of rotatable bonds is 4. The lowest BCUT2D eigenvalue weighted by molar-refractivity contribution is 1.67. The van der Waals surface area contributed by atoms with Gasteiger partial charge in [-0.25, -0.2) is 0 Å². The fourth-order valence-corrected chi connectivity index (χ4v) is 15.1. The van der Waals surface area contributed by atoms with Gasteiger partial charge in [0.15, 0.2) is 0 Å². The van der Waals surface area contributed by atoms with E-state index in [-0.39, 0.29) is 0 Å². The molecule has 0 aliphatic heterocycles. The van der Waals surface area contributed by atoms with Crippen molar-refractivity contribution in [2.24, 2.45) is 0 Å². The van der Waals surface area contributed by atoms with Gasteiger partial charge in [0.25, 0.3) is 0 Å². The molecule has 0 aliphatic rings. The molecule has 0 fully saturated rings. The van der Waals surface area contributed by atoms with Crippen LogP contribution in [0.2, 0.25) is 0 Å². The van der Waals surface area contributed by atoms with E-state index in [1.165, 1.54) is 160 Å². The second-order valence-electron chi connectivity index (χ2n) is 19.3. The highest BCUT2D eigenvalue weighted by molar-refractivity contribution is 7.27. The summed E-state index contributed by atoms with van der Waals surface area (Å²) in [5.74, 6) is 0. The molecule has 0 atom stereocenters. The van der Waals surface area contributed by atoms with Gasteiger partial charge >= 0.3 is 0 Å². The van der Waals surface area contributed by atoms with Crippen LogP contribution in [-0.4, -0.2) is 0 Å². The maximum absolute atomic E-state index is 2.57. The molecule has 72 heavy (non-hydrogen) atoms. The Morgan fingerprint density at radius 3 is 1.06 bits per heavy atom. The third-order valence-electron chi connectivity index (χ3n) is 15.6. The standard InChI is InChI=1S/C70H40S2/c1-2-19-43(20-3-1)62-47-22-6-10-26-51(47)65(52-27-11-7-23-48(52)62)58-39-45-40-59(70-68(56-31-15-17-33-61(56)72-70)64(45)67-55-30-14-16-32-60(55)71-69(58)67)66-53-28-12-8-24-49(53)63(50-25-9-13-29-54(50)66)44-37-36-42-35-34-41-18-4-5-21-46(41)57(42)38-44/h1-40H. The second-order valence-corrected chi connectivity index (χ2v) is 21.4. The maximum atomic E-state index is 2.57. The molecule has 0 spiro atoms. The first-order valence-corrected chi connectivity index (χ1v) is 26.5. The molecule has 2 aromatic heterocycles. The normalized spacial score (nSPS) is 12.2. The first-order valence-electron chi connectivity index (χ1n) is 24.8. The summed E-state index contributed by atoms with van der Waals surface area (Å²) in [6.45, 7) is 0. The topological polar surface area (TPSA) is 0 Å². The van der Waals surface area contributed by atoms with E-state index in [1.54, 1.807) is 0 Å². The predicted molar refractivity (Wildman–Crippen MR) is 317 cm³/mol. The lowest BCUT2D eigenvalue weighted by Crippen LogP contribution is -1.93. The Balaban J connectivity index is 1.07. The van der Waals surface area contributed by atoms with Gasteiger partial charge in [-0.3, -0.25) is 0 Å². The van der Waals surface area contributed by atoms with Gasteiger partial charge in [-0.15, -0.1) is 22.7 Å². The fourth-order valence-electron chi connectivity index (χ4n) is 12.6. The van der Waals surface area contributed by atoms with Crippen molar-refractivity contribution in [1.82, 2.24) is 0 Å². The van der Waals surface area contributed by atoms with Crippen molar-refractivity contribution in [3.8, 4) is 44.5 Å². The minimum absolute atomic E-state index is 1.23. The Kier molecular flexibility index (Phi) is 8.59. The smallest absolute Gasteiger partial charge is 0.0440 e. The zero-order chi connectivity index (χ0) is 47.0. The molecule has 2 heterocycles. The van der Waals surface area contributed by atoms with Crippen LogP contribution in [0.15, 0.2) is 243 Å². The summed E-state index contributed by atoms with van der Waals surface area (Å²) in [5, 5.41) is 23.1. The number of fused-ring (bicyclic) bond motifs is 16. The van der Waals surface area contributed by atoms with E-state index < -0.39 is 0 Å². The molecule has 0 nitrogen and oxygen atoms in total. The van der Waals surface area contributed by atoms with Crippen LogP contribution >= 0.6 is 22.7 Å². The van der Waals surface area contributed by atoms with E-state index >= 15 is 0 Å². The van der Waals surface area contributed by atoms with Crippen molar-refractivity contribution in [1.29, 1.82) is 0 Å². The molecule has 0 saturated heterocycles. The third kappa shape index (κ3) is 5.68. The molecule has 16 rings (SSSR count). The van der Waals surface area contributed by atoms with Crippen LogP contribution in [0.5, 0.6) is 0 Å². The van der Waals surface area contributed by atoms with Gasteiger partial charge in [-0.2, -0.15) is 0 Å². The maximum Gasteiger partial charge on any atom is 0.0440 e. The van der Waals surface area contributed by atoms with Crippen molar-refractivity contribution in [3.63, 3.8) is 0 Å². The van der Waals surface area contributed by atoms with E-state index in [9.17, 15) is 0 Å². The Morgan fingerprint density at radius 2 is 0.569 bits per heavy atom. The van der Waals surface area contributed by atoms with Crippen LogP contribution in [-0.2, 0) is 0 Å². The van der Waals surface area contributed by atoms with Crippen LogP contribution in [0, 0.1) is 0 Å². The SMILES string of the molecule is c1ccc(-c2c3ccccc3c(-c3cc4cc(-c5c6ccccc6c(-c6ccc7ccc8ccccc8c7c6)c6ccccc56)c5sc6ccccc6c5c4c4c3sc3ccccc34)c3ccccc23)cc1. The molecular formula is C70H40S2. The van der Waals surface area contributed by atoms with Crippen LogP contribution in [0.4, 0.5) is 0 Å². The van der Waals surface area contributed by atoms with Crippen molar-refractivity contribution in [3.05, 3.63) is 243 Å². The first-order chi connectivity index (χ1) is 35.7. The highest BCUT2D eigenvalue weighted by atomic mass is 32.1. The highest BCUT2D eigenvalue weighted by Crippen LogP contribution is 2.55. The lowest BCUT2D eigenvalue weighted by Gasteiger charge is -2.20. The minimum Gasteiger partial charge on any atom is -0.135 e. The van der Waals surface area contributed by atoms with Crippen molar-refractivity contribution >= 4 is 138 Å². The summed E-state index contributed by atoms with van der Waals surface area (Å²) < 4.78 is 5.28. The summed E-state index contributed by atoms with van der Waals surface area (Å²) in [6.07, 6.45) is 0. The van der Waals surface area contributed by atoms with Crippen LogP contribution < -0.4 is 0 Å². The first kappa shape index (κ1) is 40.1. The van der Waals surface area contributed by atoms with Gasteiger partial charge in [0.05, 0.1) is 0 Å². The Hall–Kier alpha value is -8.66. The van der Waals surface area contributed by atoms with Gasteiger partial charge in [-0.1, -0.05) is 212 Å². The van der Waals surface area contributed by atoms with Crippen LogP contribution in [0.1, 0.15) is 0 Å². The molecule has 16 aromatic rings. The molecule has 0 saturated carbocycles. The molecule has 332 valence electrons. The number of hydrogen-bond acceptors (Lipinski definition) is 2. The summed E-state index contributed by atoms with van der Waals surface area (Å²) in [5.41, 5.74) is 10.2. The zero-order valence-corrected chi connectivity index (χ0v) is 40.5. The number of thiophene rings is 2. The van der Waals surface area contributed by atoms with Crippen LogP contribution in [0.25, 0.3) is 160 Å². The Labute approximate surface area is 422 Å². The molecule has 0 amide bonds. The van der Waals surface area contributed by atoms with Crippen molar-refractivity contribution in [2.45, 2.75) is 0 Å². The summed E-state index contributed by atoms with van der Waals surface area (Å²) in [7, 11) is 0. The molecular weight excluding hydrogens is 905 g/mol. The van der Waals surface area contributed by atoms with E-state index in [2.05, 4.69) is 243 Å². The Bertz CT molecular complexity index is 4860. The number of benzene rings is 14. The van der Waals surface area contributed by atoms with E-state index in [0.717, 1.165) is 0 Å². The van der Waals surface area contributed by atoms with Gasteiger partial charge in [-0.05, 0) is 134 Å². The summed E-state index contributed by atoms with van der Waals surface area (Å²) in [4.78, 5) is 0. The highest BCUT2D eigenvalue weighted by Gasteiger charge is 2.26. The second kappa shape index (κ2) is 15.4. The average molecular weight is 945 g/mol. The van der Waals surface area contributed by atoms with Gasteiger partial charge in [0, 0.05) is 56.9 Å². The summed E-state index contributed by atoms with van der Waals surface area (Å²) >= 11 is 3.88. The molecule has 0 unspecified atom stereocenters. The number of hydrogen-bond donors (Lipinski definition) is 0.